The zero-order chi connectivity index (χ0) is 11.2. The third kappa shape index (κ3) is 9.47. The Morgan fingerprint density at radius 3 is 2.43 bits per heavy atom. The van der Waals surface area contributed by atoms with Crippen molar-refractivity contribution in [2.45, 2.75) is 12.8 Å². The number of nitrogens with zero attached hydrogens (tertiary/aromatic N) is 1. The van der Waals surface area contributed by atoms with E-state index in [1.165, 1.54) is 6.26 Å². The predicted octanol–water partition coefficient (Wildman–Crippen LogP) is -0.321. The van der Waals surface area contributed by atoms with E-state index in [9.17, 15) is 8.42 Å². The van der Waals surface area contributed by atoms with Gasteiger partial charge in [0.2, 0.25) is 0 Å². The molecule has 0 spiro atoms. The highest BCUT2D eigenvalue weighted by Crippen LogP contribution is 1.93. The zero-order valence-corrected chi connectivity index (χ0v) is 9.60. The molecule has 3 N–H and O–H groups in total. The first-order valence-corrected chi connectivity index (χ1v) is 6.56. The molecular formula is C8H19N3O2S. The molecule has 0 aromatic carbocycles. The lowest BCUT2D eigenvalue weighted by Crippen LogP contribution is -2.26. The molecule has 0 saturated carbocycles. The quantitative estimate of drug-likeness (QED) is 0.455. The molecular weight excluding hydrogens is 202 g/mol. The maximum absolute atomic E-state index is 10.8. The van der Waals surface area contributed by atoms with E-state index in [-0.39, 0.29) is 11.6 Å². The number of rotatable bonds is 7. The maximum Gasteiger partial charge on any atom is 0.147 e. The van der Waals surface area contributed by atoms with Crippen molar-refractivity contribution in [3.8, 4) is 0 Å². The van der Waals surface area contributed by atoms with Gasteiger partial charge >= 0.3 is 0 Å². The minimum Gasteiger partial charge on any atom is -0.388 e. The van der Waals surface area contributed by atoms with Crippen molar-refractivity contribution < 1.29 is 8.42 Å². The van der Waals surface area contributed by atoms with Gasteiger partial charge in [-0.05, 0) is 20.0 Å². The lowest BCUT2D eigenvalue weighted by Gasteiger charge is -2.15. The fraction of sp³-hybridized carbons (Fsp3) is 0.875. The molecule has 0 aromatic rings. The summed E-state index contributed by atoms with van der Waals surface area (Å²) in [6.07, 6.45) is 2.41. The summed E-state index contributed by atoms with van der Waals surface area (Å²) in [5, 5.41) is 7.02. The topological polar surface area (TPSA) is 87.2 Å². The molecule has 5 nitrogen and oxygen atoms in total. The van der Waals surface area contributed by atoms with Crippen LogP contribution >= 0.6 is 0 Å². The van der Waals surface area contributed by atoms with Crippen LogP contribution in [0, 0.1) is 5.41 Å². The average molecular weight is 221 g/mol. The third-order valence-electron chi connectivity index (χ3n) is 1.82. The van der Waals surface area contributed by atoms with Crippen LogP contribution in [0.4, 0.5) is 0 Å². The van der Waals surface area contributed by atoms with Gasteiger partial charge in [-0.25, -0.2) is 8.42 Å². The summed E-state index contributed by atoms with van der Waals surface area (Å²) >= 11 is 0. The first-order chi connectivity index (χ1) is 6.31. The predicted molar refractivity (Wildman–Crippen MR) is 58.4 cm³/mol. The Morgan fingerprint density at radius 2 is 2.00 bits per heavy atom. The Morgan fingerprint density at radius 1 is 1.43 bits per heavy atom. The van der Waals surface area contributed by atoms with Crippen LogP contribution in [0.2, 0.25) is 0 Å². The van der Waals surface area contributed by atoms with Crippen LogP contribution in [-0.2, 0) is 9.84 Å². The van der Waals surface area contributed by atoms with Gasteiger partial charge in [-0.15, -0.1) is 0 Å². The second kappa shape index (κ2) is 5.98. The third-order valence-corrected chi connectivity index (χ3v) is 2.85. The van der Waals surface area contributed by atoms with Crippen molar-refractivity contribution >= 4 is 15.7 Å². The normalized spacial score (nSPS) is 11.9. The van der Waals surface area contributed by atoms with Crippen molar-refractivity contribution in [1.82, 2.24) is 4.90 Å². The first kappa shape index (κ1) is 13.4. The van der Waals surface area contributed by atoms with Crippen molar-refractivity contribution in [2.24, 2.45) is 5.73 Å². The zero-order valence-electron chi connectivity index (χ0n) is 8.78. The highest BCUT2D eigenvalue weighted by atomic mass is 32.2. The van der Waals surface area contributed by atoms with Crippen LogP contribution in [-0.4, -0.2) is 51.3 Å². The molecule has 0 atom stereocenters. The van der Waals surface area contributed by atoms with Crippen LogP contribution in [0.1, 0.15) is 12.8 Å². The molecule has 0 fully saturated rings. The van der Waals surface area contributed by atoms with E-state index in [4.69, 9.17) is 11.1 Å². The molecule has 0 aliphatic rings. The van der Waals surface area contributed by atoms with Crippen LogP contribution in [0.5, 0.6) is 0 Å². The van der Waals surface area contributed by atoms with Crippen LogP contribution < -0.4 is 5.73 Å². The van der Waals surface area contributed by atoms with Crippen molar-refractivity contribution in [3.05, 3.63) is 0 Å². The van der Waals surface area contributed by atoms with Crippen LogP contribution in [0.15, 0.2) is 0 Å². The Balaban J connectivity index is 3.54. The number of hydrogen-bond acceptors (Lipinski definition) is 4. The summed E-state index contributed by atoms with van der Waals surface area (Å²) in [6.45, 7) is 1.43. The van der Waals surface area contributed by atoms with Crippen molar-refractivity contribution in [3.63, 3.8) is 0 Å². The number of nitrogens with one attached hydrogen (secondary N) is 1. The molecule has 0 amide bonds. The highest BCUT2D eigenvalue weighted by Gasteiger charge is 2.04. The summed E-state index contributed by atoms with van der Waals surface area (Å²) in [5.41, 5.74) is 5.20. The summed E-state index contributed by atoms with van der Waals surface area (Å²) in [4.78, 5) is 1.98. The molecule has 0 aliphatic heterocycles. The summed E-state index contributed by atoms with van der Waals surface area (Å²) in [7, 11) is -0.951. The summed E-state index contributed by atoms with van der Waals surface area (Å²) in [5.74, 6) is 0.386. The Labute approximate surface area is 85.7 Å². The number of nitrogens with two attached hydrogens (primary N) is 1. The number of hydrogen-bond donors (Lipinski definition) is 2. The van der Waals surface area contributed by atoms with E-state index < -0.39 is 9.84 Å². The van der Waals surface area contributed by atoms with Gasteiger partial charge < -0.3 is 10.6 Å². The molecule has 6 heteroatoms. The highest BCUT2D eigenvalue weighted by molar-refractivity contribution is 7.90. The van der Waals surface area contributed by atoms with E-state index in [1.54, 1.807) is 0 Å². The molecule has 0 rings (SSSR count). The lowest BCUT2D eigenvalue weighted by atomic mass is 10.3. The van der Waals surface area contributed by atoms with Gasteiger partial charge in [0.1, 0.15) is 9.84 Å². The van der Waals surface area contributed by atoms with Crippen molar-refractivity contribution in [1.29, 1.82) is 5.41 Å². The number of amidine groups is 1. The van der Waals surface area contributed by atoms with Gasteiger partial charge in [0.15, 0.2) is 0 Å². The SMILES string of the molecule is CN(CCCS(C)(=O)=O)CCC(=N)N. The second-order valence-electron chi connectivity index (χ2n) is 3.56. The maximum atomic E-state index is 10.8. The van der Waals surface area contributed by atoms with Gasteiger partial charge in [-0.2, -0.15) is 0 Å². The summed E-state index contributed by atoms with van der Waals surface area (Å²) < 4.78 is 21.6. The van der Waals surface area contributed by atoms with Crippen LogP contribution in [0.3, 0.4) is 0 Å². The molecule has 0 aliphatic carbocycles. The molecule has 84 valence electrons. The molecule has 0 unspecified atom stereocenters. The Hall–Kier alpha value is -0.620. The largest absolute Gasteiger partial charge is 0.388 e. The van der Waals surface area contributed by atoms with E-state index in [0.29, 0.717) is 19.4 Å². The Kier molecular flexibility index (Phi) is 5.71. The van der Waals surface area contributed by atoms with Crippen molar-refractivity contribution in [2.75, 3.05) is 32.1 Å². The molecule has 0 bridgehead atoms. The average Bonchev–Trinajstić information content (AvgIpc) is 1.98. The smallest absolute Gasteiger partial charge is 0.147 e. The monoisotopic (exact) mass is 221 g/mol. The van der Waals surface area contributed by atoms with E-state index in [2.05, 4.69) is 0 Å². The minimum atomic E-state index is -2.84. The fourth-order valence-corrected chi connectivity index (χ4v) is 1.67. The van der Waals surface area contributed by atoms with Gasteiger partial charge in [0.25, 0.3) is 0 Å². The van der Waals surface area contributed by atoms with E-state index >= 15 is 0 Å². The van der Waals surface area contributed by atoms with E-state index in [0.717, 1.165) is 6.54 Å². The second-order valence-corrected chi connectivity index (χ2v) is 5.82. The van der Waals surface area contributed by atoms with Gasteiger partial charge in [0.05, 0.1) is 11.6 Å². The van der Waals surface area contributed by atoms with Gasteiger partial charge in [-0.3, -0.25) is 5.41 Å². The van der Waals surface area contributed by atoms with Crippen LogP contribution in [0.25, 0.3) is 0 Å². The first-order valence-electron chi connectivity index (χ1n) is 4.50. The molecule has 0 aromatic heterocycles. The van der Waals surface area contributed by atoms with Gasteiger partial charge in [0, 0.05) is 19.2 Å². The summed E-state index contributed by atoms with van der Waals surface area (Å²) in [6, 6.07) is 0. The number of sulfone groups is 1. The van der Waals surface area contributed by atoms with Gasteiger partial charge in [-0.1, -0.05) is 0 Å². The van der Waals surface area contributed by atoms with E-state index in [1.807, 2.05) is 11.9 Å². The molecule has 0 heterocycles. The Bertz CT molecular complexity index is 274. The lowest BCUT2D eigenvalue weighted by molar-refractivity contribution is 0.344. The molecule has 14 heavy (non-hydrogen) atoms. The molecule has 0 radical (unpaired) electrons. The molecule has 0 saturated heterocycles. The minimum absolute atomic E-state index is 0.167. The fourth-order valence-electron chi connectivity index (χ4n) is 1.02. The standard InChI is InChI=1S/C8H19N3O2S/c1-11(6-4-8(9)10)5-3-7-14(2,12)13/h3-7H2,1-2H3,(H3,9,10).